The van der Waals surface area contributed by atoms with E-state index in [4.69, 9.17) is 4.74 Å². The lowest BCUT2D eigenvalue weighted by Gasteiger charge is -2.12. The monoisotopic (exact) mass is 383 g/mol. The van der Waals surface area contributed by atoms with Crippen LogP contribution in [0.15, 0.2) is 29.9 Å². The highest BCUT2D eigenvalue weighted by atomic mass is 32.1. The molecule has 3 rings (SSSR count). The third kappa shape index (κ3) is 3.58. The minimum Gasteiger partial charge on any atom is -0.380 e. The molecule has 3 aromatic rings. The van der Waals surface area contributed by atoms with E-state index in [0.29, 0.717) is 17.9 Å². The molecule has 9 heteroatoms. The molecule has 0 unspecified atom stereocenters. The minimum atomic E-state index is -4.45. The summed E-state index contributed by atoms with van der Waals surface area (Å²) in [5.41, 5.74) is 3.31. The Morgan fingerprint density at radius 3 is 2.81 bits per heavy atom. The van der Waals surface area contributed by atoms with E-state index < -0.39 is 17.0 Å². The van der Waals surface area contributed by atoms with Crippen molar-refractivity contribution in [2.24, 2.45) is 7.05 Å². The van der Waals surface area contributed by atoms with Crippen LogP contribution in [0.3, 0.4) is 0 Å². The molecule has 0 radical (unpaired) electrons. The van der Waals surface area contributed by atoms with Gasteiger partial charge in [-0.1, -0.05) is 6.07 Å². The Morgan fingerprint density at radius 2 is 2.15 bits per heavy atom. The maximum absolute atomic E-state index is 12.7. The third-order valence-electron chi connectivity index (χ3n) is 3.95. The van der Waals surface area contributed by atoms with Gasteiger partial charge in [-0.3, -0.25) is 4.79 Å². The normalized spacial score (nSPS) is 11.9. The van der Waals surface area contributed by atoms with E-state index in [1.54, 1.807) is 13.4 Å². The molecule has 0 atom stereocenters. The van der Waals surface area contributed by atoms with Crippen molar-refractivity contribution in [1.29, 1.82) is 0 Å². The summed E-state index contributed by atoms with van der Waals surface area (Å²) in [6.07, 6.45) is -2.78. The molecule has 138 valence electrons. The van der Waals surface area contributed by atoms with Gasteiger partial charge in [-0.25, -0.2) is 4.98 Å². The van der Waals surface area contributed by atoms with E-state index in [1.807, 2.05) is 23.7 Å². The van der Waals surface area contributed by atoms with Crippen LogP contribution in [0.4, 0.5) is 13.2 Å². The van der Waals surface area contributed by atoms with E-state index in [1.165, 1.54) is 5.38 Å². The molecule has 0 saturated carbocycles. The summed E-state index contributed by atoms with van der Waals surface area (Å²) >= 11 is 0.504. The van der Waals surface area contributed by atoms with Gasteiger partial charge >= 0.3 is 6.18 Å². The van der Waals surface area contributed by atoms with Gasteiger partial charge in [0.05, 0.1) is 29.5 Å². The zero-order chi connectivity index (χ0) is 18.9. The van der Waals surface area contributed by atoms with Crippen LogP contribution in [0, 0.1) is 0 Å². The first-order valence-electron chi connectivity index (χ1n) is 7.66. The number of methoxy groups -OCH3 is 1. The molecule has 0 saturated heterocycles. The molecule has 0 fully saturated rings. The first-order chi connectivity index (χ1) is 12.3. The maximum Gasteiger partial charge on any atom is 0.425 e. The van der Waals surface area contributed by atoms with E-state index in [0.717, 1.165) is 28.2 Å². The highest BCUT2D eigenvalue weighted by Gasteiger charge is 2.33. The Labute approximate surface area is 151 Å². The summed E-state index contributed by atoms with van der Waals surface area (Å²) in [6, 6.07) is 4.59. The number of hydrogen-bond acceptors (Lipinski definition) is 4. The molecule has 2 heterocycles. The van der Waals surface area contributed by atoms with Gasteiger partial charge < -0.3 is 14.6 Å². The van der Waals surface area contributed by atoms with Crippen LogP contribution in [0.25, 0.3) is 11.0 Å². The number of benzene rings is 1. The molecule has 0 aliphatic carbocycles. The maximum atomic E-state index is 12.7. The van der Waals surface area contributed by atoms with Crippen molar-refractivity contribution < 1.29 is 22.7 Å². The molecule has 0 aliphatic heterocycles. The average Bonchev–Trinajstić information content (AvgIpc) is 3.21. The van der Waals surface area contributed by atoms with Gasteiger partial charge in [-0.05, 0) is 17.7 Å². The summed E-state index contributed by atoms with van der Waals surface area (Å²) in [7, 11) is 3.41. The Morgan fingerprint density at radius 1 is 1.38 bits per heavy atom. The van der Waals surface area contributed by atoms with Crippen LogP contribution in [-0.4, -0.2) is 22.6 Å². The smallest absolute Gasteiger partial charge is 0.380 e. The van der Waals surface area contributed by atoms with E-state index >= 15 is 0 Å². The number of carbonyl (C=O) groups excluding carboxylic acids is 1. The van der Waals surface area contributed by atoms with Crippen molar-refractivity contribution in [3.05, 3.63) is 51.5 Å². The van der Waals surface area contributed by atoms with Crippen LogP contribution in [0.5, 0.6) is 0 Å². The largest absolute Gasteiger partial charge is 0.425 e. The molecule has 0 spiro atoms. The Bertz CT molecular complexity index is 947. The van der Waals surface area contributed by atoms with Gasteiger partial charge in [-0.2, -0.15) is 13.2 Å². The topological polar surface area (TPSA) is 56.1 Å². The Hall–Kier alpha value is -2.39. The summed E-state index contributed by atoms with van der Waals surface area (Å²) < 4.78 is 45.1. The van der Waals surface area contributed by atoms with Gasteiger partial charge in [0.1, 0.15) is 4.88 Å². The second-order valence-electron chi connectivity index (χ2n) is 5.74. The van der Waals surface area contributed by atoms with Crippen molar-refractivity contribution in [2.45, 2.75) is 19.3 Å². The van der Waals surface area contributed by atoms with Crippen LogP contribution in [0.2, 0.25) is 0 Å². The van der Waals surface area contributed by atoms with Crippen molar-refractivity contribution >= 4 is 28.3 Å². The van der Waals surface area contributed by atoms with Crippen molar-refractivity contribution in [3.8, 4) is 0 Å². The minimum absolute atomic E-state index is 0.00667. The standard InChI is InChI=1S/C17H16F3N3O2S/c1-23-9-22-13-4-3-10(7-25-2)12(15(13)23)6-21-16(24)11-5-14(26-8-11)17(18,19)20/h3-5,8-9H,6-7H2,1-2H3,(H,21,24). The van der Waals surface area contributed by atoms with Crippen LogP contribution in [-0.2, 0) is 31.1 Å². The van der Waals surface area contributed by atoms with Gasteiger partial charge in [-0.15, -0.1) is 11.3 Å². The predicted octanol–water partition coefficient (Wildman–Crippen LogP) is 3.73. The number of alkyl halides is 3. The number of nitrogens with one attached hydrogen (secondary N) is 1. The molecule has 5 nitrogen and oxygen atoms in total. The predicted molar refractivity (Wildman–Crippen MR) is 91.9 cm³/mol. The highest BCUT2D eigenvalue weighted by molar-refractivity contribution is 7.10. The molecule has 0 aliphatic rings. The third-order valence-corrected chi connectivity index (χ3v) is 4.92. The van der Waals surface area contributed by atoms with Crippen molar-refractivity contribution in [2.75, 3.05) is 7.11 Å². The number of hydrogen-bond donors (Lipinski definition) is 1. The second-order valence-corrected chi connectivity index (χ2v) is 6.65. The Kier molecular flexibility index (Phi) is 5.01. The summed E-state index contributed by atoms with van der Waals surface area (Å²) in [4.78, 5) is 15.7. The number of thiophene rings is 1. The average molecular weight is 383 g/mol. The van der Waals surface area contributed by atoms with Gasteiger partial charge in [0.2, 0.25) is 0 Å². The summed E-state index contributed by atoms with van der Waals surface area (Å²) in [5, 5.41) is 3.90. The van der Waals surface area contributed by atoms with Gasteiger partial charge in [0.15, 0.2) is 0 Å². The highest BCUT2D eigenvalue weighted by Crippen LogP contribution is 2.34. The molecule has 26 heavy (non-hydrogen) atoms. The number of fused-ring (bicyclic) bond motifs is 1. The molecule has 0 bridgehead atoms. The van der Waals surface area contributed by atoms with E-state index in [9.17, 15) is 18.0 Å². The molecule has 1 aromatic carbocycles. The zero-order valence-corrected chi connectivity index (χ0v) is 14.9. The Balaban J connectivity index is 1.85. The fourth-order valence-electron chi connectivity index (χ4n) is 2.73. The van der Waals surface area contributed by atoms with Gasteiger partial charge in [0, 0.05) is 31.6 Å². The quantitative estimate of drug-likeness (QED) is 0.730. The van der Waals surface area contributed by atoms with Gasteiger partial charge in [0.25, 0.3) is 5.91 Å². The van der Waals surface area contributed by atoms with Crippen molar-refractivity contribution in [1.82, 2.24) is 14.9 Å². The van der Waals surface area contributed by atoms with Crippen LogP contribution in [0.1, 0.15) is 26.4 Å². The fourth-order valence-corrected chi connectivity index (χ4v) is 3.49. The number of halogens is 3. The molecule has 1 amide bonds. The summed E-state index contributed by atoms with van der Waals surface area (Å²) in [6.45, 7) is 0.509. The first-order valence-corrected chi connectivity index (χ1v) is 8.54. The van der Waals surface area contributed by atoms with Crippen molar-refractivity contribution in [3.63, 3.8) is 0 Å². The number of ether oxygens (including phenoxy) is 1. The number of nitrogens with zero attached hydrogens (tertiary/aromatic N) is 2. The van der Waals surface area contributed by atoms with E-state index in [-0.39, 0.29) is 12.1 Å². The summed E-state index contributed by atoms with van der Waals surface area (Å²) in [5.74, 6) is -0.556. The van der Waals surface area contributed by atoms with E-state index in [2.05, 4.69) is 10.3 Å². The number of imidazole rings is 1. The fraction of sp³-hybridized carbons (Fsp3) is 0.294. The second kappa shape index (κ2) is 7.08. The number of rotatable bonds is 5. The SMILES string of the molecule is COCc1ccc2ncn(C)c2c1CNC(=O)c1csc(C(F)(F)F)c1. The lowest BCUT2D eigenvalue weighted by Crippen LogP contribution is -2.23. The molecular formula is C17H16F3N3O2S. The lowest BCUT2D eigenvalue weighted by molar-refractivity contribution is -0.134. The molecule has 2 aromatic heterocycles. The number of carbonyl (C=O) groups is 1. The van der Waals surface area contributed by atoms with Crippen LogP contribution >= 0.6 is 11.3 Å². The first kappa shape index (κ1) is 18.4. The molecule has 1 N–H and O–H groups in total. The number of aromatic nitrogens is 2. The molecular weight excluding hydrogens is 367 g/mol. The van der Waals surface area contributed by atoms with Crippen LogP contribution < -0.4 is 5.32 Å². The number of amides is 1. The lowest BCUT2D eigenvalue weighted by atomic mass is 10.1. The number of aryl methyl sites for hydroxylation is 1. The zero-order valence-electron chi connectivity index (χ0n) is 14.1.